The van der Waals surface area contributed by atoms with Crippen molar-refractivity contribution in [2.75, 3.05) is 18.1 Å². The lowest BCUT2D eigenvalue weighted by molar-refractivity contribution is 0.356. The third kappa shape index (κ3) is 3.14. The summed E-state index contributed by atoms with van der Waals surface area (Å²) in [4.78, 5) is 0. The van der Waals surface area contributed by atoms with Crippen molar-refractivity contribution >= 4 is 33.6 Å². The molecule has 0 radical (unpaired) electrons. The zero-order valence-corrected chi connectivity index (χ0v) is 11.4. The molecule has 1 atom stereocenters. The Labute approximate surface area is 110 Å². The van der Waals surface area contributed by atoms with E-state index in [1.807, 2.05) is 12.1 Å². The molecule has 2 N–H and O–H groups in total. The molecule has 1 aliphatic heterocycles. The standard InChI is InChI=1S/C10H13ClN2O2S2/c11-9-3-1-2-8(6-9)10-7-16-5-4-13(10)17(12,14)15/h1-3,6,10H,4-5,7H2,(H2,12,14,15). The van der Waals surface area contributed by atoms with Gasteiger partial charge < -0.3 is 0 Å². The van der Waals surface area contributed by atoms with E-state index in [4.69, 9.17) is 16.7 Å². The van der Waals surface area contributed by atoms with Gasteiger partial charge in [-0.15, -0.1) is 0 Å². The number of benzene rings is 1. The van der Waals surface area contributed by atoms with Crippen molar-refractivity contribution in [1.82, 2.24) is 4.31 Å². The van der Waals surface area contributed by atoms with Crippen LogP contribution in [0.15, 0.2) is 24.3 Å². The maximum Gasteiger partial charge on any atom is 0.277 e. The lowest BCUT2D eigenvalue weighted by atomic mass is 10.1. The second-order valence-electron chi connectivity index (χ2n) is 3.80. The molecule has 4 nitrogen and oxygen atoms in total. The highest BCUT2D eigenvalue weighted by Crippen LogP contribution is 2.31. The van der Waals surface area contributed by atoms with Crippen LogP contribution < -0.4 is 5.14 Å². The first-order valence-electron chi connectivity index (χ1n) is 5.11. The van der Waals surface area contributed by atoms with E-state index in [1.54, 1.807) is 23.9 Å². The Balaban J connectivity index is 2.34. The van der Waals surface area contributed by atoms with Crippen molar-refractivity contribution in [3.8, 4) is 0 Å². The molecule has 0 spiro atoms. The molecule has 94 valence electrons. The Hall–Kier alpha value is -0.270. The Kier molecular flexibility index (Phi) is 3.99. The fraction of sp³-hybridized carbons (Fsp3) is 0.400. The average Bonchev–Trinajstić information content (AvgIpc) is 2.28. The van der Waals surface area contributed by atoms with E-state index >= 15 is 0 Å². The van der Waals surface area contributed by atoms with Crippen molar-refractivity contribution in [2.24, 2.45) is 5.14 Å². The van der Waals surface area contributed by atoms with Crippen LogP contribution >= 0.6 is 23.4 Å². The molecule has 1 aliphatic rings. The van der Waals surface area contributed by atoms with Gasteiger partial charge in [0.25, 0.3) is 10.2 Å². The van der Waals surface area contributed by atoms with Crippen molar-refractivity contribution < 1.29 is 8.42 Å². The van der Waals surface area contributed by atoms with Crippen LogP contribution in [-0.2, 0) is 10.2 Å². The highest BCUT2D eigenvalue weighted by molar-refractivity contribution is 7.99. The van der Waals surface area contributed by atoms with E-state index in [2.05, 4.69) is 0 Å². The van der Waals surface area contributed by atoms with Gasteiger partial charge in [0, 0.05) is 23.1 Å². The molecule has 0 saturated carbocycles. The molecule has 1 heterocycles. The fourth-order valence-electron chi connectivity index (χ4n) is 1.87. The maximum atomic E-state index is 11.5. The van der Waals surface area contributed by atoms with Crippen molar-refractivity contribution in [1.29, 1.82) is 0 Å². The molecule has 2 rings (SSSR count). The van der Waals surface area contributed by atoms with Gasteiger partial charge in [-0.25, -0.2) is 5.14 Å². The van der Waals surface area contributed by atoms with Crippen LogP contribution in [0.5, 0.6) is 0 Å². The summed E-state index contributed by atoms with van der Waals surface area (Å²) < 4.78 is 24.4. The number of thioether (sulfide) groups is 1. The Morgan fingerprint density at radius 2 is 2.24 bits per heavy atom. The van der Waals surface area contributed by atoms with Gasteiger partial charge in [0.05, 0.1) is 6.04 Å². The third-order valence-electron chi connectivity index (χ3n) is 2.64. The molecular formula is C10H13ClN2O2S2. The molecule has 7 heteroatoms. The normalized spacial score (nSPS) is 22.6. The summed E-state index contributed by atoms with van der Waals surface area (Å²) in [6.07, 6.45) is 0. The third-order valence-corrected chi connectivity index (χ3v) is 4.99. The van der Waals surface area contributed by atoms with Crippen LogP contribution in [0, 0.1) is 0 Å². The molecule has 0 bridgehead atoms. The number of hydrogen-bond acceptors (Lipinski definition) is 3. The number of nitrogens with zero attached hydrogens (tertiary/aromatic N) is 1. The first kappa shape index (κ1) is 13.2. The summed E-state index contributed by atoms with van der Waals surface area (Å²) in [6, 6.07) is 7.03. The number of rotatable bonds is 2. The highest BCUT2D eigenvalue weighted by Gasteiger charge is 2.31. The lowest BCUT2D eigenvalue weighted by Gasteiger charge is -2.33. The second-order valence-corrected chi connectivity index (χ2v) is 6.89. The van der Waals surface area contributed by atoms with Crippen LogP contribution in [-0.4, -0.2) is 30.8 Å². The molecule has 1 saturated heterocycles. The molecule has 1 aromatic carbocycles. The molecule has 0 aliphatic carbocycles. The van der Waals surface area contributed by atoms with Gasteiger partial charge in [-0.2, -0.15) is 24.5 Å². The monoisotopic (exact) mass is 292 g/mol. The maximum absolute atomic E-state index is 11.5. The van der Waals surface area contributed by atoms with Crippen LogP contribution in [0.4, 0.5) is 0 Å². The molecule has 17 heavy (non-hydrogen) atoms. The zero-order valence-electron chi connectivity index (χ0n) is 9.04. The SMILES string of the molecule is NS(=O)(=O)N1CCSCC1c1cccc(Cl)c1. The van der Waals surface area contributed by atoms with Crippen LogP contribution in [0.1, 0.15) is 11.6 Å². The van der Waals surface area contributed by atoms with Crippen LogP contribution in [0.2, 0.25) is 5.02 Å². The van der Waals surface area contributed by atoms with Crippen molar-refractivity contribution in [3.63, 3.8) is 0 Å². The average molecular weight is 293 g/mol. The molecule has 1 fully saturated rings. The van der Waals surface area contributed by atoms with Crippen LogP contribution in [0.3, 0.4) is 0 Å². The van der Waals surface area contributed by atoms with E-state index in [-0.39, 0.29) is 6.04 Å². The van der Waals surface area contributed by atoms with E-state index in [0.29, 0.717) is 17.3 Å². The molecule has 1 aromatic rings. The first-order valence-corrected chi connectivity index (χ1v) is 8.15. The van der Waals surface area contributed by atoms with Gasteiger partial charge in [0.1, 0.15) is 0 Å². The summed E-state index contributed by atoms with van der Waals surface area (Å²) in [5.74, 6) is 1.48. The van der Waals surface area contributed by atoms with E-state index < -0.39 is 10.2 Å². The van der Waals surface area contributed by atoms with Gasteiger partial charge >= 0.3 is 0 Å². The summed E-state index contributed by atoms with van der Waals surface area (Å²) in [5, 5.41) is 5.84. The topological polar surface area (TPSA) is 63.4 Å². The van der Waals surface area contributed by atoms with Crippen molar-refractivity contribution in [2.45, 2.75) is 6.04 Å². The number of halogens is 1. The van der Waals surface area contributed by atoms with E-state index in [1.165, 1.54) is 4.31 Å². The Bertz CT molecular complexity index is 507. The van der Waals surface area contributed by atoms with Gasteiger partial charge in [0.2, 0.25) is 0 Å². The summed E-state index contributed by atoms with van der Waals surface area (Å²) in [5.41, 5.74) is 0.888. The summed E-state index contributed by atoms with van der Waals surface area (Å²) >= 11 is 7.64. The zero-order chi connectivity index (χ0) is 12.5. The highest BCUT2D eigenvalue weighted by atomic mass is 35.5. The van der Waals surface area contributed by atoms with Gasteiger partial charge in [0.15, 0.2) is 0 Å². The molecule has 0 amide bonds. The predicted molar refractivity (Wildman–Crippen MR) is 71.3 cm³/mol. The van der Waals surface area contributed by atoms with Gasteiger partial charge in [-0.3, -0.25) is 0 Å². The Morgan fingerprint density at radius 3 is 2.88 bits per heavy atom. The quantitative estimate of drug-likeness (QED) is 0.901. The minimum Gasteiger partial charge on any atom is -0.216 e. The van der Waals surface area contributed by atoms with Gasteiger partial charge in [-0.1, -0.05) is 23.7 Å². The smallest absolute Gasteiger partial charge is 0.216 e. The van der Waals surface area contributed by atoms with Crippen molar-refractivity contribution in [3.05, 3.63) is 34.9 Å². The number of nitrogens with two attached hydrogens (primary N) is 1. The minimum atomic E-state index is -3.66. The lowest BCUT2D eigenvalue weighted by Crippen LogP contribution is -2.44. The second kappa shape index (κ2) is 5.16. The van der Waals surface area contributed by atoms with Gasteiger partial charge in [-0.05, 0) is 17.7 Å². The molecular weight excluding hydrogens is 280 g/mol. The minimum absolute atomic E-state index is 0.220. The summed E-state index contributed by atoms with van der Waals surface area (Å²) in [6.45, 7) is 0.445. The predicted octanol–water partition coefficient (Wildman–Crippen LogP) is 1.63. The Morgan fingerprint density at radius 1 is 1.47 bits per heavy atom. The molecule has 0 aromatic heterocycles. The fourth-order valence-corrected chi connectivity index (χ4v) is 4.26. The summed E-state index contributed by atoms with van der Waals surface area (Å²) in [7, 11) is -3.66. The van der Waals surface area contributed by atoms with E-state index in [9.17, 15) is 8.42 Å². The number of hydrogen-bond donors (Lipinski definition) is 1. The molecule has 1 unspecified atom stereocenters. The first-order chi connectivity index (χ1) is 7.98. The van der Waals surface area contributed by atoms with Crippen LogP contribution in [0.25, 0.3) is 0 Å². The largest absolute Gasteiger partial charge is 0.277 e. The van der Waals surface area contributed by atoms with E-state index in [0.717, 1.165) is 11.3 Å².